The largest absolute Gasteiger partial charge is 0.272 e. The molecule has 4 aliphatic carbocycles. The monoisotopic (exact) mass is 244 g/mol. The number of hydrazone groups is 2. The van der Waals surface area contributed by atoms with Gasteiger partial charge in [-0.15, -0.1) is 0 Å². The molecule has 2 amide bonds. The molecule has 0 saturated heterocycles. The van der Waals surface area contributed by atoms with Gasteiger partial charge in [-0.25, -0.2) is 10.9 Å². The highest BCUT2D eigenvalue weighted by molar-refractivity contribution is 6.23. The van der Waals surface area contributed by atoms with Crippen molar-refractivity contribution in [2.75, 3.05) is 0 Å². The molecule has 6 nitrogen and oxygen atoms in total. The summed E-state index contributed by atoms with van der Waals surface area (Å²) >= 11 is 0. The summed E-state index contributed by atoms with van der Waals surface area (Å²) in [7, 11) is 0. The van der Waals surface area contributed by atoms with Crippen LogP contribution in [0.4, 0.5) is 0 Å². The third-order valence-electron chi connectivity index (χ3n) is 5.54. The Morgan fingerprint density at radius 3 is 1.94 bits per heavy atom. The Labute approximate surface area is 103 Å². The molecule has 0 aromatic rings. The van der Waals surface area contributed by atoms with Crippen molar-refractivity contribution in [2.24, 2.45) is 32.9 Å². The Kier molecular flexibility index (Phi) is 1.22. The smallest absolute Gasteiger partial charge is 0.252 e. The van der Waals surface area contributed by atoms with E-state index in [0.29, 0.717) is 6.42 Å². The number of carbonyl (C=O) groups excluding carboxylic acids is 2. The molecular formula is C12H12N4O2. The summed E-state index contributed by atoms with van der Waals surface area (Å²) in [5.74, 6) is 0.536. The summed E-state index contributed by atoms with van der Waals surface area (Å²) in [6.45, 7) is 0. The van der Waals surface area contributed by atoms with Crippen LogP contribution in [0.2, 0.25) is 0 Å². The Balaban J connectivity index is 1.78. The minimum atomic E-state index is -0.507. The van der Waals surface area contributed by atoms with Gasteiger partial charge in [-0.05, 0) is 25.7 Å². The molecule has 2 heterocycles. The van der Waals surface area contributed by atoms with Gasteiger partial charge >= 0.3 is 0 Å². The van der Waals surface area contributed by atoms with Gasteiger partial charge in [0.15, 0.2) is 0 Å². The maximum Gasteiger partial charge on any atom is 0.252 e. The van der Waals surface area contributed by atoms with Crippen LogP contribution in [0.5, 0.6) is 0 Å². The van der Waals surface area contributed by atoms with Crippen molar-refractivity contribution in [3.8, 4) is 0 Å². The van der Waals surface area contributed by atoms with E-state index >= 15 is 0 Å². The molecule has 6 aliphatic rings. The molecule has 0 radical (unpaired) electrons. The summed E-state index contributed by atoms with van der Waals surface area (Å²) in [6, 6.07) is 0. The van der Waals surface area contributed by atoms with Crippen molar-refractivity contribution < 1.29 is 9.59 Å². The van der Waals surface area contributed by atoms with E-state index in [1.807, 2.05) is 0 Å². The molecule has 4 saturated carbocycles. The number of rotatable bonds is 0. The minimum absolute atomic E-state index is 0.00924. The van der Waals surface area contributed by atoms with Crippen LogP contribution in [0.25, 0.3) is 0 Å². The number of nitrogens with one attached hydrogen (secondary N) is 2. The molecule has 6 heteroatoms. The van der Waals surface area contributed by atoms with Crippen LogP contribution in [0.3, 0.4) is 0 Å². The normalized spacial score (nSPS) is 50.4. The minimum Gasteiger partial charge on any atom is -0.272 e. The zero-order chi connectivity index (χ0) is 12.1. The standard InChI is InChI=1S/C12H12N4O2/c17-9-11-2-5-1-6(8(11)14-15-9)3-12(4-11)7(5)13-16-10(12)18/h5-6H,1-4H2,(H,15,17)(H,16,18)/t5-,6-,11-,12-/m1/s1. The predicted octanol–water partition coefficient (Wildman–Crippen LogP) is -0.236. The lowest BCUT2D eigenvalue weighted by molar-refractivity contribution is -0.136. The second kappa shape index (κ2) is 2.37. The molecule has 2 N–H and O–H groups in total. The third-order valence-corrected chi connectivity index (χ3v) is 5.54. The Morgan fingerprint density at radius 2 is 1.44 bits per heavy atom. The lowest BCUT2D eigenvalue weighted by Crippen LogP contribution is -2.65. The molecular weight excluding hydrogens is 232 g/mol. The fraction of sp³-hybridized carbons (Fsp3) is 0.667. The van der Waals surface area contributed by atoms with Crippen LogP contribution in [-0.2, 0) is 9.59 Å². The van der Waals surface area contributed by atoms with Crippen LogP contribution >= 0.6 is 0 Å². The van der Waals surface area contributed by atoms with Gasteiger partial charge in [0, 0.05) is 11.8 Å². The van der Waals surface area contributed by atoms with E-state index in [9.17, 15) is 9.59 Å². The van der Waals surface area contributed by atoms with Gasteiger partial charge < -0.3 is 0 Å². The first-order chi connectivity index (χ1) is 8.66. The molecule has 18 heavy (non-hydrogen) atoms. The van der Waals surface area contributed by atoms with Gasteiger partial charge in [0.05, 0.1) is 22.3 Å². The summed E-state index contributed by atoms with van der Waals surface area (Å²) < 4.78 is 0. The molecule has 0 unspecified atom stereocenters. The highest BCUT2D eigenvalue weighted by atomic mass is 16.2. The molecule has 2 spiro atoms. The van der Waals surface area contributed by atoms with Crippen molar-refractivity contribution in [3.05, 3.63) is 0 Å². The fourth-order valence-electron chi connectivity index (χ4n) is 5.01. The summed E-state index contributed by atoms with van der Waals surface area (Å²) in [4.78, 5) is 24.4. The van der Waals surface area contributed by atoms with E-state index in [2.05, 4.69) is 21.1 Å². The zero-order valence-corrected chi connectivity index (χ0v) is 9.69. The van der Waals surface area contributed by atoms with Crippen molar-refractivity contribution in [2.45, 2.75) is 25.7 Å². The van der Waals surface area contributed by atoms with Crippen LogP contribution in [0, 0.1) is 22.7 Å². The maximum atomic E-state index is 12.2. The number of hydrogen-bond acceptors (Lipinski definition) is 4. The SMILES string of the molecule is O=C1NN=C2[C@@H]3C[C@@H]4C[C@]12C[C@@]1(C3)C(=O)NN=C41. The van der Waals surface area contributed by atoms with Crippen molar-refractivity contribution in [1.29, 1.82) is 0 Å². The van der Waals surface area contributed by atoms with Crippen LogP contribution in [0.1, 0.15) is 25.7 Å². The van der Waals surface area contributed by atoms with Gasteiger partial charge in [0.1, 0.15) is 0 Å². The molecule has 0 aromatic carbocycles. The molecule has 92 valence electrons. The lowest BCUT2D eigenvalue weighted by atomic mass is 9.42. The first kappa shape index (κ1) is 9.24. The van der Waals surface area contributed by atoms with E-state index in [0.717, 1.165) is 30.7 Å². The highest BCUT2D eigenvalue weighted by Crippen LogP contribution is 2.64. The second-order valence-corrected chi connectivity index (χ2v) is 6.25. The van der Waals surface area contributed by atoms with Crippen molar-refractivity contribution in [3.63, 3.8) is 0 Å². The van der Waals surface area contributed by atoms with E-state index in [1.54, 1.807) is 0 Å². The van der Waals surface area contributed by atoms with Crippen molar-refractivity contribution in [1.82, 2.24) is 10.9 Å². The molecule has 2 aliphatic heterocycles. The lowest BCUT2D eigenvalue weighted by Gasteiger charge is -2.57. The first-order valence-corrected chi connectivity index (χ1v) is 6.43. The van der Waals surface area contributed by atoms with Crippen LogP contribution in [-0.4, -0.2) is 23.2 Å². The van der Waals surface area contributed by atoms with Gasteiger partial charge in [-0.3, -0.25) is 9.59 Å². The Morgan fingerprint density at radius 1 is 0.944 bits per heavy atom. The molecule has 4 atom stereocenters. The summed E-state index contributed by atoms with van der Waals surface area (Å²) in [6.07, 6.45) is 3.13. The quantitative estimate of drug-likeness (QED) is 0.616. The van der Waals surface area contributed by atoms with E-state index in [1.165, 1.54) is 0 Å². The molecule has 0 aromatic heterocycles. The van der Waals surface area contributed by atoms with Gasteiger partial charge in [0.25, 0.3) is 11.8 Å². The Hall–Kier alpha value is -1.72. The van der Waals surface area contributed by atoms with Crippen LogP contribution in [0.15, 0.2) is 10.2 Å². The first-order valence-electron chi connectivity index (χ1n) is 6.43. The Bertz CT molecular complexity index is 545. The van der Waals surface area contributed by atoms with Gasteiger partial charge in [0.2, 0.25) is 0 Å². The predicted molar refractivity (Wildman–Crippen MR) is 61.5 cm³/mol. The highest BCUT2D eigenvalue weighted by Gasteiger charge is 2.71. The number of hydrogen-bond donors (Lipinski definition) is 2. The number of amides is 2. The number of carbonyl (C=O) groups is 2. The van der Waals surface area contributed by atoms with Gasteiger partial charge in [-0.2, -0.15) is 10.2 Å². The summed E-state index contributed by atoms with van der Waals surface area (Å²) in [5, 5.41) is 8.50. The number of nitrogens with zero attached hydrogens (tertiary/aromatic N) is 2. The van der Waals surface area contributed by atoms with Crippen LogP contribution < -0.4 is 10.9 Å². The van der Waals surface area contributed by atoms with Crippen molar-refractivity contribution >= 4 is 23.2 Å². The second-order valence-electron chi connectivity index (χ2n) is 6.25. The van der Waals surface area contributed by atoms with E-state index < -0.39 is 10.8 Å². The van der Waals surface area contributed by atoms with E-state index in [4.69, 9.17) is 0 Å². The molecule has 4 bridgehead atoms. The zero-order valence-electron chi connectivity index (χ0n) is 9.69. The molecule has 6 rings (SSSR count). The fourth-order valence-corrected chi connectivity index (χ4v) is 5.01. The third kappa shape index (κ3) is 0.693. The van der Waals surface area contributed by atoms with Gasteiger partial charge in [-0.1, -0.05) is 0 Å². The molecule has 4 fully saturated rings. The average Bonchev–Trinajstić information content (AvgIpc) is 2.82. The maximum absolute atomic E-state index is 12.2. The van der Waals surface area contributed by atoms with E-state index in [-0.39, 0.29) is 23.7 Å². The summed E-state index contributed by atoms with van der Waals surface area (Å²) in [5.41, 5.74) is 6.27. The topological polar surface area (TPSA) is 82.9 Å². The average molecular weight is 244 g/mol.